The van der Waals surface area contributed by atoms with Gasteiger partial charge >= 0.3 is 0 Å². The van der Waals surface area contributed by atoms with E-state index in [1.165, 1.54) is 19.2 Å². The smallest absolute Gasteiger partial charge is 0.264 e. The quantitative estimate of drug-likeness (QED) is 0.608. The molecule has 3 rings (SSSR count). The number of aromatic nitrogens is 2. The van der Waals surface area contributed by atoms with Crippen molar-refractivity contribution in [2.45, 2.75) is 13.0 Å². The van der Waals surface area contributed by atoms with Crippen molar-refractivity contribution in [1.82, 2.24) is 10.1 Å². The average Bonchev–Trinajstić information content (AvgIpc) is 3.08. The molecular weight excluding hydrogens is 421 g/mol. The van der Waals surface area contributed by atoms with Crippen molar-refractivity contribution in [3.63, 3.8) is 0 Å². The van der Waals surface area contributed by atoms with Crippen molar-refractivity contribution >= 4 is 27.5 Å². The highest BCUT2D eigenvalue weighted by molar-refractivity contribution is 9.10. The van der Waals surface area contributed by atoms with Gasteiger partial charge in [-0.05, 0) is 30.3 Å². The monoisotopic (exact) mass is 435 g/mol. The molecule has 0 radical (unpaired) electrons. The van der Waals surface area contributed by atoms with E-state index in [2.05, 4.69) is 31.4 Å². The Balaban J connectivity index is 1.56. The number of ether oxygens (including phenoxy) is 2. The normalized spacial score (nSPS) is 10.5. The second-order valence-corrected chi connectivity index (χ2v) is 6.31. The van der Waals surface area contributed by atoms with E-state index in [1.54, 1.807) is 30.3 Å². The number of nitrogens with one attached hydrogen (secondary N) is 1. The summed E-state index contributed by atoms with van der Waals surface area (Å²) < 4.78 is 29.8. The van der Waals surface area contributed by atoms with Gasteiger partial charge in [0.25, 0.3) is 5.89 Å². The van der Waals surface area contributed by atoms with Crippen LogP contribution in [0.2, 0.25) is 0 Å². The topological polar surface area (TPSA) is 86.5 Å². The van der Waals surface area contributed by atoms with Crippen LogP contribution in [0.4, 0.5) is 10.1 Å². The van der Waals surface area contributed by atoms with Gasteiger partial charge in [0.15, 0.2) is 24.0 Å². The number of methoxy groups -OCH3 is 1. The molecule has 0 bridgehead atoms. The molecule has 7 nitrogen and oxygen atoms in total. The van der Waals surface area contributed by atoms with Gasteiger partial charge in [-0.25, -0.2) is 4.39 Å². The van der Waals surface area contributed by atoms with Gasteiger partial charge in [0.2, 0.25) is 5.91 Å². The number of para-hydroxylation sites is 2. The lowest BCUT2D eigenvalue weighted by molar-refractivity contribution is -0.115. The lowest BCUT2D eigenvalue weighted by Gasteiger charge is -2.08. The minimum absolute atomic E-state index is 0.0619. The van der Waals surface area contributed by atoms with E-state index in [0.717, 1.165) is 0 Å². The Morgan fingerprint density at radius 1 is 1.26 bits per heavy atom. The average molecular weight is 436 g/mol. The highest BCUT2D eigenvalue weighted by Gasteiger charge is 2.14. The molecule has 1 aromatic heterocycles. The molecule has 9 heteroatoms. The lowest BCUT2D eigenvalue weighted by atomic mass is 10.2. The van der Waals surface area contributed by atoms with Crippen molar-refractivity contribution in [3.05, 3.63) is 64.5 Å². The number of nitrogens with zero attached hydrogens (tertiary/aromatic N) is 2. The zero-order valence-corrected chi connectivity index (χ0v) is 15.8. The molecule has 1 heterocycles. The number of hydrogen-bond donors (Lipinski definition) is 1. The first-order valence-electron chi connectivity index (χ1n) is 7.87. The molecule has 0 aliphatic carbocycles. The standard InChI is InChI=1S/C18H15BrFN3O4/c1-25-15-5-3-2-4-13(15)21-17(24)9-16-22-18(27-23-16)10-26-14-7-6-11(19)8-12(14)20/h2-8H,9-10H2,1H3,(H,21,24). The number of hydrogen-bond acceptors (Lipinski definition) is 6. The van der Waals surface area contributed by atoms with Crippen molar-refractivity contribution in [1.29, 1.82) is 0 Å². The summed E-state index contributed by atoms with van der Waals surface area (Å²) in [5.74, 6) is 0.0955. The van der Waals surface area contributed by atoms with Crippen molar-refractivity contribution in [3.8, 4) is 11.5 Å². The summed E-state index contributed by atoms with van der Waals surface area (Å²) in [6, 6.07) is 11.5. The Kier molecular flexibility index (Phi) is 6.02. The summed E-state index contributed by atoms with van der Waals surface area (Å²) in [6.45, 7) is -0.111. The van der Waals surface area contributed by atoms with Gasteiger partial charge in [-0.2, -0.15) is 4.98 Å². The largest absolute Gasteiger partial charge is 0.495 e. The molecule has 1 amide bonds. The molecule has 1 N–H and O–H groups in total. The van der Waals surface area contributed by atoms with Crippen molar-refractivity contribution in [2.24, 2.45) is 0 Å². The Morgan fingerprint density at radius 2 is 2.07 bits per heavy atom. The number of carbonyl (C=O) groups is 1. The Bertz CT molecular complexity index is 948. The van der Waals surface area contributed by atoms with E-state index < -0.39 is 5.82 Å². The van der Waals surface area contributed by atoms with E-state index in [-0.39, 0.29) is 36.4 Å². The Hall–Kier alpha value is -2.94. The molecule has 27 heavy (non-hydrogen) atoms. The van der Waals surface area contributed by atoms with Gasteiger partial charge in [-0.15, -0.1) is 0 Å². The summed E-state index contributed by atoms with van der Waals surface area (Å²) >= 11 is 3.17. The van der Waals surface area contributed by atoms with Gasteiger partial charge in [0, 0.05) is 4.47 Å². The van der Waals surface area contributed by atoms with Crippen LogP contribution < -0.4 is 14.8 Å². The molecule has 0 saturated carbocycles. The number of anilines is 1. The van der Waals surface area contributed by atoms with Gasteiger partial charge in [0.05, 0.1) is 19.2 Å². The Labute approximate surface area is 162 Å². The van der Waals surface area contributed by atoms with Crippen LogP contribution in [0.15, 0.2) is 51.5 Å². The summed E-state index contributed by atoms with van der Waals surface area (Å²) in [7, 11) is 1.52. The Morgan fingerprint density at radius 3 is 2.85 bits per heavy atom. The number of carbonyl (C=O) groups excluding carboxylic acids is 1. The van der Waals surface area contributed by atoms with Crippen LogP contribution in [0.3, 0.4) is 0 Å². The van der Waals surface area contributed by atoms with Crippen LogP contribution >= 0.6 is 15.9 Å². The second kappa shape index (κ2) is 8.63. The molecule has 2 aromatic carbocycles. The van der Waals surface area contributed by atoms with Gasteiger partial charge in [-0.3, -0.25) is 4.79 Å². The van der Waals surface area contributed by atoms with Crippen LogP contribution in [0.1, 0.15) is 11.7 Å². The highest BCUT2D eigenvalue weighted by Crippen LogP contribution is 2.23. The van der Waals surface area contributed by atoms with Gasteiger partial charge in [-0.1, -0.05) is 33.2 Å². The summed E-state index contributed by atoms with van der Waals surface area (Å²) in [6.07, 6.45) is -0.0891. The summed E-state index contributed by atoms with van der Waals surface area (Å²) in [5.41, 5.74) is 0.544. The maximum absolute atomic E-state index is 13.7. The van der Waals surface area contributed by atoms with Crippen molar-refractivity contribution < 1.29 is 23.2 Å². The third kappa shape index (κ3) is 5.04. The van der Waals surface area contributed by atoms with E-state index in [4.69, 9.17) is 14.0 Å². The molecule has 3 aromatic rings. The highest BCUT2D eigenvalue weighted by atomic mass is 79.9. The fourth-order valence-electron chi connectivity index (χ4n) is 2.24. The fraction of sp³-hybridized carbons (Fsp3) is 0.167. The van der Waals surface area contributed by atoms with Gasteiger partial charge < -0.3 is 19.3 Å². The van der Waals surface area contributed by atoms with Crippen molar-refractivity contribution in [2.75, 3.05) is 12.4 Å². The minimum atomic E-state index is -0.514. The predicted molar refractivity (Wildman–Crippen MR) is 98.1 cm³/mol. The third-order valence-corrected chi connectivity index (χ3v) is 3.95. The molecular formula is C18H15BrFN3O4. The molecule has 0 aliphatic heterocycles. The van der Waals surface area contributed by atoms with Crippen LogP contribution in [-0.2, 0) is 17.8 Å². The fourth-order valence-corrected chi connectivity index (χ4v) is 2.57. The van der Waals surface area contributed by atoms with Crippen LogP contribution in [0, 0.1) is 5.82 Å². The van der Waals surface area contributed by atoms with E-state index >= 15 is 0 Å². The zero-order chi connectivity index (χ0) is 19.2. The van der Waals surface area contributed by atoms with Gasteiger partial charge in [0.1, 0.15) is 5.75 Å². The molecule has 140 valence electrons. The summed E-state index contributed by atoms with van der Waals surface area (Å²) in [5, 5.41) is 6.45. The number of halogens is 2. The molecule has 0 unspecified atom stereocenters. The first kappa shape index (κ1) is 18.8. The van der Waals surface area contributed by atoms with E-state index in [0.29, 0.717) is 15.9 Å². The predicted octanol–water partition coefficient (Wildman–Crippen LogP) is 3.74. The minimum Gasteiger partial charge on any atom is -0.495 e. The third-order valence-electron chi connectivity index (χ3n) is 3.45. The molecule has 0 fully saturated rings. The maximum atomic E-state index is 13.7. The molecule has 0 spiro atoms. The lowest BCUT2D eigenvalue weighted by Crippen LogP contribution is -2.15. The van der Waals surface area contributed by atoms with Crippen LogP contribution in [0.25, 0.3) is 0 Å². The van der Waals surface area contributed by atoms with Crippen LogP contribution in [-0.4, -0.2) is 23.2 Å². The first-order valence-corrected chi connectivity index (χ1v) is 8.66. The van der Waals surface area contributed by atoms with E-state index in [1.807, 2.05) is 0 Å². The molecule has 0 saturated heterocycles. The number of rotatable bonds is 7. The summed E-state index contributed by atoms with van der Waals surface area (Å²) in [4.78, 5) is 16.2. The molecule has 0 aliphatic rings. The zero-order valence-electron chi connectivity index (χ0n) is 14.2. The first-order chi connectivity index (χ1) is 13.0. The number of benzene rings is 2. The van der Waals surface area contributed by atoms with Crippen LogP contribution in [0.5, 0.6) is 11.5 Å². The second-order valence-electron chi connectivity index (χ2n) is 5.39. The molecule has 0 atom stereocenters. The van der Waals surface area contributed by atoms with E-state index in [9.17, 15) is 9.18 Å². The SMILES string of the molecule is COc1ccccc1NC(=O)Cc1noc(COc2ccc(Br)cc2F)n1. The number of amides is 1. The maximum Gasteiger partial charge on any atom is 0.264 e.